The molecule has 0 amide bonds. The van der Waals surface area contributed by atoms with Crippen molar-refractivity contribution in [2.24, 2.45) is 5.92 Å². The molecule has 3 aromatic rings. The van der Waals surface area contributed by atoms with E-state index in [-0.39, 0.29) is 11.7 Å². The Balaban J connectivity index is 1.38. The molecule has 1 aliphatic carbocycles. The molecule has 6 rings (SSSR count). The first-order chi connectivity index (χ1) is 16.5. The molecule has 0 radical (unpaired) electrons. The van der Waals surface area contributed by atoms with Gasteiger partial charge < -0.3 is 4.74 Å². The molecule has 4 heterocycles. The van der Waals surface area contributed by atoms with Gasteiger partial charge in [-0.25, -0.2) is 8.78 Å². The van der Waals surface area contributed by atoms with Crippen molar-refractivity contribution < 1.29 is 18.3 Å². The predicted molar refractivity (Wildman–Crippen MR) is 122 cm³/mol. The van der Waals surface area contributed by atoms with Crippen molar-refractivity contribution in [2.45, 2.75) is 32.4 Å². The highest BCUT2D eigenvalue weighted by Crippen LogP contribution is 2.46. The summed E-state index contributed by atoms with van der Waals surface area (Å²) in [5.41, 5.74) is 2.62. The number of benzene rings is 1. The number of thiophene rings is 1. The third-order valence-corrected chi connectivity index (χ3v) is 8.25. The van der Waals surface area contributed by atoms with E-state index in [0.717, 1.165) is 51.8 Å². The second-order valence-corrected chi connectivity index (χ2v) is 10.3. The molecule has 10 heteroatoms. The minimum Gasteiger partial charge on any atom is -0.379 e. The van der Waals surface area contributed by atoms with Crippen LogP contribution in [-0.4, -0.2) is 58.3 Å². The molecule has 1 aromatic carbocycles. The van der Waals surface area contributed by atoms with Gasteiger partial charge in [0.15, 0.2) is 11.6 Å². The van der Waals surface area contributed by atoms with Crippen LogP contribution in [0, 0.1) is 24.5 Å². The lowest BCUT2D eigenvalue weighted by molar-refractivity contribution is -0.124. The number of nitrogens with one attached hydrogen (secondary N) is 1. The van der Waals surface area contributed by atoms with Crippen LogP contribution in [0.2, 0.25) is 0 Å². The zero-order valence-corrected chi connectivity index (χ0v) is 19.6. The van der Waals surface area contributed by atoms with Crippen LogP contribution in [0.15, 0.2) is 18.2 Å². The average molecular weight is 486 g/mol. The summed E-state index contributed by atoms with van der Waals surface area (Å²) in [6.45, 7) is 5.65. The summed E-state index contributed by atoms with van der Waals surface area (Å²) in [6, 6.07) is 3.24. The molecule has 0 unspecified atom stereocenters. The Bertz CT molecular complexity index is 1250. The van der Waals surface area contributed by atoms with Gasteiger partial charge in [-0.1, -0.05) is 0 Å². The number of rotatable bonds is 4. The number of ether oxygens (including phenoxy) is 1. The lowest BCUT2D eigenvalue weighted by atomic mass is 9.93. The van der Waals surface area contributed by atoms with E-state index < -0.39 is 17.7 Å². The average Bonchev–Trinajstić information content (AvgIpc) is 3.44. The van der Waals surface area contributed by atoms with E-state index >= 15 is 0 Å². The maximum absolute atomic E-state index is 14.2. The molecule has 178 valence electrons. The normalized spacial score (nSPS) is 22.2. The van der Waals surface area contributed by atoms with Crippen LogP contribution >= 0.6 is 11.3 Å². The van der Waals surface area contributed by atoms with E-state index in [2.05, 4.69) is 20.4 Å². The largest absolute Gasteiger partial charge is 0.379 e. The van der Waals surface area contributed by atoms with E-state index in [1.807, 2.05) is 11.5 Å². The van der Waals surface area contributed by atoms with Crippen LogP contribution in [-0.2, 0) is 28.9 Å². The standard InChI is InChI=1S/C24H25F2N5O2S/c1-13-28-29-21-11-27-23(15-6-16(25)10-17(26)7-15)22-18-8-14(9-20(18)34-24(22)31(13)21)19(32)12-30-2-4-33-5-3-30/h6-7,10,14,23,27H,2-5,8-9,11-12H2,1H3/t14-,23-/m0/s1. The predicted octanol–water partition coefficient (Wildman–Crippen LogP) is 2.72. The summed E-state index contributed by atoms with van der Waals surface area (Å²) in [4.78, 5) is 16.5. The van der Waals surface area contributed by atoms with Crippen molar-refractivity contribution in [1.82, 2.24) is 25.0 Å². The molecule has 0 bridgehead atoms. The topological polar surface area (TPSA) is 72.3 Å². The van der Waals surface area contributed by atoms with E-state index in [1.54, 1.807) is 11.3 Å². The van der Waals surface area contributed by atoms with Crippen molar-refractivity contribution in [1.29, 1.82) is 0 Å². The fourth-order valence-corrected chi connectivity index (χ4v) is 6.86. The van der Waals surface area contributed by atoms with Gasteiger partial charge in [0.05, 0.1) is 32.3 Å². The number of Topliss-reactive ketones (excluding diaryl/α,β-unsaturated/α-hetero) is 1. The summed E-state index contributed by atoms with van der Waals surface area (Å²) >= 11 is 1.64. The van der Waals surface area contributed by atoms with Crippen molar-refractivity contribution in [3.63, 3.8) is 0 Å². The van der Waals surface area contributed by atoms with Gasteiger partial charge in [-0.05, 0) is 43.0 Å². The number of aromatic nitrogens is 3. The third-order valence-electron chi connectivity index (χ3n) is 7.00. The number of halogens is 2. The molecular formula is C24H25F2N5O2S. The lowest BCUT2D eigenvalue weighted by Crippen LogP contribution is -2.41. The number of nitrogens with zero attached hydrogens (tertiary/aromatic N) is 4. The summed E-state index contributed by atoms with van der Waals surface area (Å²) < 4.78 is 35.8. The van der Waals surface area contributed by atoms with Crippen molar-refractivity contribution >= 4 is 17.1 Å². The third kappa shape index (κ3) is 3.78. The minimum absolute atomic E-state index is 0.0796. The Morgan fingerprint density at radius 3 is 2.71 bits per heavy atom. The van der Waals surface area contributed by atoms with Crippen LogP contribution in [0.1, 0.15) is 39.3 Å². The Kier molecular flexibility index (Phi) is 5.56. The minimum atomic E-state index is -0.608. The zero-order chi connectivity index (χ0) is 23.4. The molecule has 1 fully saturated rings. The van der Waals surface area contributed by atoms with E-state index in [4.69, 9.17) is 4.74 Å². The van der Waals surface area contributed by atoms with Crippen LogP contribution in [0.5, 0.6) is 0 Å². The van der Waals surface area contributed by atoms with Gasteiger partial charge in [0.2, 0.25) is 0 Å². The molecule has 1 N–H and O–H groups in total. The van der Waals surface area contributed by atoms with E-state index in [0.29, 0.717) is 44.7 Å². The highest BCUT2D eigenvalue weighted by atomic mass is 32.1. The maximum Gasteiger partial charge on any atom is 0.152 e. The molecule has 2 aliphatic heterocycles. The smallest absolute Gasteiger partial charge is 0.152 e. The molecule has 2 aromatic heterocycles. The number of ketones is 1. The summed E-state index contributed by atoms with van der Waals surface area (Å²) in [7, 11) is 0. The Morgan fingerprint density at radius 2 is 1.94 bits per heavy atom. The first kappa shape index (κ1) is 22.0. The van der Waals surface area contributed by atoms with Gasteiger partial charge in [0.25, 0.3) is 0 Å². The molecule has 2 atom stereocenters. The van der Waals surface area contributed by atoms with Crippen molar-refractivity contribution in [2.75, 3.05) is 32.8 Å². The van der Waals surface area contributed by atoms with Crippen molar-refractivity contribution in [3.05, 3.63) is 63.0 Å². The van der Waals surface area contributed by atoms with Crippen LogP contribution in [0.4, 0.5) is 8.78 Å². The second-order valence-electron chi connectivity index (χ2n) is 9.20. The number of morpholine rings is 1. The zero-order valence-electron chi connectivity index (χ0n) is 18.8. The van der Waals surface area contributed by atoms with Gasteiger partial charge in [-0.15, -0.1) is 21.5 Å². The van der Waals surface area contributed by atoms with E-state index in [1.165, 1.54) is 12.1 Å². The molecular weight excluding hydrogens is 460 g/mol. The fourth-order valence-electron chi connectivity index (χ4n) is 5.35. The Labute approximate surface area is 199 Å². The number of carbonyl (C=O) groups is 1. The Morgan fingerprint density at radius 1 is 1.18 bits per heavy atom. The van der Waals surface area contributed by atoms with Gasteiger partial charge in [0, 0.05) is 35.5 Å². The first-order valence-corrected chi connectivity index (χ1v) is 12.4. The molecule has 1 saturated heterocycles. The van der Waals surface area contributed by atoms with Crippen molar-refractivity contribution in [3.8, 4) is 5.00 Å². The summed E-state index contributed by atoms with van der Waals surface area (Å²) in [5, 5.41) is 13.0. The van der Waals surface area contributed by atoms with Gasteiger partial charge in [-0.2, -0.15) is 0 Å². The van der Waals surface area contributed by atoms with Gasteiger partial charge in [-0.3, -0.25) is 19.6 Å². The fraction of sp³-hybridized carbons (Fsp3) is 0.458. The molecule has 3 aliphatic rings. The molecule has 34 heavy (non-hydrogen) atoms. The molecule has 0 spiro atoms. The number of hydrogen-bond acceptors (Lipinski definition) is 7. The highest BCUT2D eigenvalue weighted by molar-refractivity contribution is 7.15. The monoisotopic (exact) mass is 485 g/mol. The second kappa shape index (κ2) is 8.60. The van der Waals surface area contributed by atoms with Crippen LogP contribution < -0.4 is 5.32 Å². The maximum atomic E-state index is 14.2. The Hall–Kier alpha value is -2.53. The summed E-state index contributed by atoms with van der Waals surface area (Å²) in [6.07, 6.45) is 1.33. The first-order valence-electron chi connectivity index (χ1n) is 11.6. The number of carbonyl (C=O) groups excluding carboxylic acids is 1. The quantitative estimate of drug-likeness (QED) is 0.613. The lowest BCUT2D eigenvalue weighted by Gasteiger charge is -2.26. The molecule has 0 saturated carbocycles. The van der Waals surface area contributed by atoms with Gasteiger partial charge in [0.1, 0.15) is 22.5 Å². The van der Waals surface area contributed by atoms with E-state index in [9.17, 15) is 13.6 Å². The SMILES string of the molecule is Cc1nnc2n1-c1sc3c(c1[C@H](c1cc(F)cc(F)c1)NC2)C[C@H](C(=O)CN1CCOCC1)C3. The van der Waals surface area contributed by atoms with Crippen LogP contribution in [0.3, 0.4) is 0 Å². The highest BCUT2D eigenvalue weighted by Gasteiger charge is 2.38. The summed E-state index contributed by atoms with van der Waals surface area (Å²) in [5.74, 6) is 0.480. The number of fused-ring (bicyclic) bond motifs is 5. The number of aryl methyl sites for hydroxylation is 1. The van der Waals surface area contributed by atoms with Gasteiger partial charge >= 0.3 is 0 Å². The van der Waals surface area contributed by atoms with Crippen LogP contribution in [0.25, 0.3) is 5.00 Å². The number of hydrogen-bond donors (Lipinski definition) is 1. The molecule has 7 nitrogen and oxygen atoms in total.